The van der Waals surface area contributed by atoms with Crippen molar-refractivity contribution in [1.29, 1.82) is 0 Å². The molecule has 0 aromatic heterocycles. The largest absolute Gasteiger partial charge is 0.494 e. The van der Waals surface area contributed by atoms with E-state index < -0.39 is 28.5 Å². The Morgan fingerprint density at radius 3 is 2.39 bits per heavy atom. The maximum absolute atomic E-state index is 12.9. The predicted octanol–water partition coefficient (Wildman–Crippen LogP) is 3.59. The van der Waals surface area contributed by atoms with Gasteiger partial charge in [-0.1, -0.05) is 37.1 Å². The van der Waals surface area contributed by atoms with Crippen LogP contribution in [0.3, 0.4) is 0 Å². The Bertz CT molecular complexity index is 1020. The van der Waals surface area contributed by atoms with Gasteiger partial charge >= 0.3 is 5.97 Å². The molecular formula is C24H30N2O6S. The SMILES string of the molecule is O=C(COC(=O)CCCOc1ccccc1)Nc1cccc(S(=O)(=O)N2CCCCCC2)c1. The molecule has 2 aromatic rings. The van der Waals surface area contributed by atoms with Gasteiger partial charge in [-0.2, -0.15) is 4.31 Å². The third kappa shape index (κ3) is 7.87. The lowest BCUT2D eigenvalue weighted by molar-refractivity contribution is -0.147. The number of benzene rings is 2. The van der Waals surface area contributed by atoms with Crippen molar-refractivity contribution >= 4 is 27.6 Å². The van der Waals surface area contributed by atoms with Gasteiger partial charge in [-0.3, -0.25) is 9.59 Å². The zero-order valence-electron chi connectivity index (χ0n) is 18.6. The highest BCUT2D eigenvalue weighted by atomic mass is 32.2. The van der Waals surface area contributed by atoms with E-state index in [1.54, 1.807) is 12.1 Å². The molecule has 178 valence electrons. The van der Waals surface area contributed by atoms with Crippen LogP contribution in [-0.4, -0.2) is 50.9 Å². The monoisotopic (exact) mass is 474 g/mol. The van der Waals surface area contributed by atoms with Crippen LogP contribution >= 0.6 is 0 Å². The van der Waals surface area contributed by atoms with Gasteiger partial charge < -0.3 is 14.8 Å². The summed E-state index contributed by atoms with van der Waals surface area (Å²) in [5, 5.41) is 2.59. The van der Waals surface area contributed by atoms with E-state index in [0.29, 0.717) is 31.8 Å². The van der Waals surface area contributed by atoms with Gasteiger partial charge in [-0.15, -0.1) is 0 Å². The molecule has 9 heteroatoms. The number of hydrogen-bond acceptors (Lipinski definition) is 6. The number of para-hydroxylation sites is 1. The summed E-state index contributed by atoms with van der Waals surface area (Å²) in [4.78, 5) is 24.2. The van der Waals surface area contributed by atoms with Crippen LogP contribution in [0.5, 0.6) is 5.75 Å². The van der Waals surface area contributed by atoms with Crippen LogP contribution in [0.15, 0.2) is 59.5 Å². The van der Waals surface area contributed by atoms with Gasteiger partial charge in [0.25, 0.3) is 5.91 Å². The quantitative estimate of drug-likeness (QED) is 0.417. The number of ether oxygens (including phenoxy) is 2. The maximum atomic E-state index is 12.9. The van der Waals surface area contributed by atoms with Gasteiger partial charge in [-0.05, 0) is 49.6 Å². The molecule has 1 fully saturated rings. The zero-order chi connectivity index (χ0) is 23.5. The molecule has 0 spiro atoms. The Kier molecular flexibility index (Phi) is 9.26. The zero-order valence-corrected chi connectivity index (χ0v) is 19.4. The first-order valence-electron chi connectivity index (χ1n) is 11.2. The number of esters is 1. The van der Waals surface area contributed by atoms with E-state index in [9.17, 15) is 18.0 Å². The third-order valence-corrected chi connectivity index (χ3v) is 7.12. The van der Waals surface area contributed by atoms with Crippen molar-refractivity contribution in [3.05, 3.63) is 54.6 Å². The van der Waals surface area contributed by atoms with E-state index in [4.69, 9.17) is 9.47 Å². The molecule has 0 saturated carbocycles. The Morgan fingerprint density at radius 1 is 0.939 bits per heavy atom. The first-order valence-corrected chi connectivity index (χ1v) is 12.6. The van der Waals surface area contributed by atoms with Crippen LogP contribution in [-0.2, 0) is 24.3 Å². The fourth-order valence-corrected chi connectivity index (χ4v) is 5.07. The average molecular weight is 475 g/mol. The maximum Gasteiger partial charge on any atom is 0.306 e. The van der Waals surface area contributed by atoms with E-state index in [2.05, 4.69) is 5.32 Å². The number of sulfonamides is 1. The highest BCUT2D eigenvalue weighted by Gasteiger charge is 2.25. The molecule has 1 saturated heterocycles. The van der Waals surface area contributed by atoms with Crippen LogP contribution < -0.4 is 10.1 Å². The summed E-state index contributed by atoms with van der Waals surface area (Å²) in [5.74, 6) is -0.308. The van der Waals surface area contributed by atoms with Crippen LogP contribution in [0.25, 0.3) is 0 Å². The van der Waals surface area contributed by atoms with E-state index in [1.807, 2.05) is 30.3 Å². The lowest BCUT2D eigenvalue weighted by atomic mass is 10.2. The molecule has 1 heterocycles. The van der Waals surface area contributed by atoms with E-state index >= 15 is 0 Å². The Hall–Kier alpha value is -2.91. The standard InChI is InChI=1S/C24H30N2O6S/c27-23(19-32-24(28)14-9-17-31-21-11-4-3-5-12-21)25-20-10-8-13-22(18-20)33(29,30)26-15-6-1-2-7-16-26/h3-5,8,10-13,18H,1-2,6-7,9,14-17,19H2,(H,25,27). The molecule has 1 N–H and O–H groups in total. The van der Waals surface area contributed by atoms with Gasteiger partial charge in [-0.25, -0.2) is 8.42 Å². The molecule has 0 atom stereocenters. The van der Waals surface area contributed by atoms with Crippen LogP contribution in [0.2, 0.25) is 0 Å². The second kappa shape index (κ2) is 12.4. The number of carbonyl (C=O) groups is 2. The van der Waals surface area contributed by atoms with Crippen LogP contribution in [0.1, 0.15) is 38.5 Å². The number of amides is 1. The lowest BCUT2D eigenvalue weighted by Gasteiger charge is -2.20. The van der Waals surface area contributed by atoms with E-state index in [0.717, 1.165) is 31.4 Å². The molecule has 33 heavy (non-hydrogen) atoms. The summed E-state index contributed by atoms with van der Waals surface area (Å²) >= 11 is 0. The molecule has 2 aromatic carbocycles. The molecule has 3 rings (SSSR count). The molecule has 0 unspecified atom stereocenters. The summed E-state index contributed by atoms with van der Waals surface area (Å²) in [6, 6.07) is 15.4. The van der Waals surface area contributed by atoms with E-state index in [-0.39, 0.29) is 11.3 Å². The van der Waals surface area contributed by atoms with Gasteiger partial charge in [0.15, 0.2) is 6.61 Å². The van der Waals surface area contributed by atoms with Crippen molar-refractivity contribution < 1.29 is 27.5 Å². The van der Waals surface area contributed by atoms with Gasteiger partial charge in [0, 0.05) is 25.2 Å². The van der Waals surface area contributed by atoms with Crippen LogP contribution in [0, 0.1) is 0 Å². The fraction of sp³-hybridized carbons (Fsp3) is 0.417. The van der Waals surface area contributed by atoms with Gasteiger partial charge in [0.05, 0.1) is 11.5 Å². The Morgan fingerprint density at radius 2 is 1.67 bits per heavy atom. The second-order valence-electron chi connectivity index (χ2n) is 7.82. The molecular weight excluding hydrogens is 444 g/mol. The summed E-state index contributed by atoms with van der Waals surface area (Å²) in [5.41, 5.74) is 0.336. The highest BCUT2D eigenvalue weighted by Crippen LogP contribution is 2.22. The minimum Gasteiger partial charge on any atom is -0.494 e. The summed E-state index contributed by atoms with van der Waals surface area (Å²) < 4.78 is 37.9. The smallest absolute Gasteiger partial charge is 0.306 e. The normalized spacial score (nSPS) is 14.8. The summed E-state index contributed by atoms with van der Waals surface area (Å²) in [6.07, 6.45) is 4.34. The van der Waals surface area contributed by atoms with Crippen LogP contribution in [0.4, 0.5) is 5.69 Å². The number of nitrogens with one attached hydrogen (secondary N) is 1. The fourth-order valence-electron chi connectivity index (χ4n) is 3.50. The molecule has 0 aliphatic carbocycles. The molecule has 0 bridgehead atoms. The van der Waals surface area contributed by atoms with Gasteiger partial charge in [0.2, 0.25) is 10.0 Å². The van der Waals surface area contributed by atoms with E-state index in [1.165, 1.54) is 16.4 Å². The Balaban J connectivity index is 1.43. The van der Waals surface area contributed by atoms with Gasteiger partial charge in [0.1, 0.15) is 5.75 Å². The number of hydrogen-bond donors (Lipinski definition) is 1. The summed E-state index contributed by atoms with van der Waals surface area (Å²) in [7, 11) is -3.62. The number of rotatable bonds is 10. The first kappa shape index (κ1) is 24.7. The summed E-state index contributed by atoms with van der Waals surface area (Å²) in [6.45, 7) is 0.932. The Labute approximate surface area is 194 Å². The minimum atomic E-state index is -3.62. The molecule has 1 amide bonds. The van der Waals surface area contributed by atoms with Crippen molar-refractivity contribution in [2.24, 2.45) is 0 Å². The highest BCUT2D eigenvalue weighted by molar-refractivity contribution is 7.89. The van der Waals surface area contributed by atoms with Crippen molar-refractivity contribution in [3.8, 4) is 5.75 Å². The topological polar surface area (TPSA) is 102 Å². The average Bonchev–Trinajstić information content (AvgIpc) is 3.12. The molecule has 0 radical (unpaired) electrons. The second-order valence-corrected chi connectivity index (χ2v) is 9.76. The van der Waals surface area contributed by atoms with Crippen molar-refractivity contribution in [1.82, 2.24) is 4.31 Å². The molecule has 1 aliphatic heterocycles. The molecule has 8 nitrogen and oxygen atoms in total. The number of nitrogens with zero attached hydrogens (tertiary/aromatic N) is 1. The predicted molar refractivity (Wildman–Crippen MR) is 124 cm³/mol. The van der Waals surface area contributed by atoms with Crippen molar-refractivity contribution in [2.45, 2.75) is 43.4 Å². The lowest BCUT2D eigenvalue weighted by Crippen LogP contribution is -2.32. The third-order valence-electron chi connectivity index (χ3n) is 5.22. The molecule has 1 aliphatic rings. The minimum absolute atomic E-state index is 0.129. The number of carbonyl (C=O) groups excluding carboxylic acids is 2. The number of anilines is 1. The van der Waals surface area contributed by atoms with Crippen molar-refractivity contribution in [3.63, 3.8) is 0 Å². The first-order chi connectivity index (χ1) is 15.9. The van der Waals surface area contributed by atoms with Crippen molar-refractivity contribution in [2.75, 3.05) is 31.6 Å².